The number of carbonyl (C=O) groups is 1. The summed E-state index contributed by atoms with van der Waals surface area (Å²) in [5.74, 6) is 0. The van der Waals surface area contributed by atoms with Crippen molar-refractivity contribution in [2.24, 2.45) is 0 Å². The number of nitrogens with zero attached hydrogens (tertiary/aromatic N) is 2. The third-order valence-corrected chi connectivity index (χ3v) is 5.56. The molecule has 1 aromatic heterocycles. The lowest BCUT2D eigenvalue weighted by Gasteiger charge is -2.36. The molecule has 2 amide bonds. The van der Waals surface area contributed by atoms with Crippen LogP contribution in [0, 0.1) is 6.92 Å². The van der Waals surface area contributed by atoms with Gasteiger partial charge in [-0.3, -0.25) is 0 Å². The van der Waals surface area contributed by atoms with Crippen molar-refractivity contribution in [1.82, 2.24) is 20.5 Å². The molecule has 1 atom stereocenters. The van der Waals surface area contributed by atoms with E-state index in [1.54, 1.807) is 11.3 Å². The fraction of sp³-hybridized carbons (Fsp3) is 0.733. The molecule has 1 aromatic rings. The van der Waals surface area contributed by atoms with Crippen molar-refractivity contribution in [3.63, 3.8) is 0 Å². The Morgan fingerprint density at radius 2 is 2.14 bits per heavy atom. The third-order valence-electron chi connectivity index (χ3n) is 4.42. The van der Waals surface area contributed by atoms with Gasteiger partial charge in [0.2, 0.25) is 0 Å². The number of carbonyl (C=O) groups excluding carboxylic acids is 1. The van der Waals surface area contributed by atoms with Crippen molar-refractivity contribution in [3.8, 4) is 0 Å². The van der Waals surface area contributed by atoms with E-state index in [-0.39, 0.29) is 17.6 Å². The zero-order valence-corrected chi connectivity index (χ0v) is 14.2. The average Bonchev–Trinajstić information content (AvgIpc) is 3.06. The summed E-state index contributed by atoms with van der Waals surface area (Å²) in [5.41, 5.74) is 1.12. The van der Waals surface area contributed by atoms with Crippen LogP contribution in [0.3, 0.4) is 0 Å². The number of hydrogen-bond donors (Lipinski definition) is 2. The molecule has 0 radical (unpaired) electrons. The highest BCUT2D eigenvalue weighted by Gasteiger charge is 2.36. The van der Waals surface area contributed by atoms with E-state index in [2.05, 4.69) is 34.6 Å². The lowest BCUT2D eigenvalue weighted by Crippen LogP contribution is -2.52. The van der Waals surface area contributed by atoms with Gasteiger partial charge >= 0.3 is 6.03 Å². The predicted octanol–water partition coefficient (Wildman–Crippen LogP) is 2.69. The highest BCUT2D eigenvalue weighted by atomic mass is 32.1. The van der Waals surface area contributed by atoms with Crippen LogP contribution in [-0.4, -0.2) is 42.1 Å². The van der Waals surface area contributed by atoms with Gasteiger partial charge in [-0.25, -0.2) is 9.78 Å². The molecule has 5 nitrogen and oxygen atoms in total. The van der Waals surface area contributed by atoms with Crippen LogP contribution in [0.5, 0.6) is 0 Å². The second kappa shape index (κ2) is 6.75. The monoisotopic (exact) mass is 310 g/mol. The molecule has 21 heavy (non-hydrogen) atoms. The maximum absolute atomic E-state index is 12.1. The summed E-state index contributed by atoms with van der Waals surface area (Å²) in [4.78, 5) is 18.8. The molecule has 0 aliphatic heterocycles. The Morgan fingerprint density at radius 1 is 1.48 bits per heavy atom. The Labute approximate surface area is 131 Å². The van der Waals surface area contributed by atoms with E-state index in [9.17, 15) is 4.79 Å². The zero-order valence-electron chi connectivity index (χ0n) is 13.4. The molecule has 118 valence electrons. The summed E-state index contributed by atoms with van der Waals surface area (Å²) in [6.07, 6.45) is 4.80. The van der Waals surface area contributed by atoms with E-state index in [0.717, 1.165) is 23.5 Å². The average molecular weight is 310 g/mol. The van der Waals surface area contributed by atoms with Crippen LogP contribution < -0.4 is 10.6 Å². The van der Waals surface area contributed by atoms with Gasteiger partial charge in [-0.2, -0.15) is 0 Å². The number of nitrogens with one attached hydrogen (secondary N) is 2. The minimum absolute atomic E-state index is 0.0532. The van der Waals surface area contributed by atoms with Gasteiger partial charge in [0.15, 0.2) is 0 Å². The molecule has 0 spiro atoms. The van der Waals surface area contributed by atoms with Gasteiger partial charge in [-0.05, 0) is 40.8 Å². The molecule has 1 saturated carbocycles. The van der Waals surface area contributed by atoms with Crippen LogP contribution in [0.15, 0.2) is 5.38 Å². The molecular weight excluding hydrogens is 284 g/mol. The molecule has 0 bridgehead atoms. The Kier molecular flexibility index (Phi) is 5.22. The largest absolute Gasteiger partial charge is 0.336 e. The van der Waals surface area contributed by atoms with Crippen molar-refractivity contribution in [2.45, 2.75) is 51.1 Å². The molecule has 0 aromatic carbocycles. The molecule has 1 aliphatic carbocycles. The van der Waals surface area contributed by atoms with Crippen molar-refractivity contribution in [1.29, 1.82) is 0 Å². The molecule has 0 unspecified atom stereocenters. The molecule has 6 heteroatoms. The van der Waals surface area contributed by atoms with Crippen LogP contribution in [0.4, 0.5) is 4.79 Å². The van der Waals surface area contributed by atoms with Gasteiger partial charge in [-0.15, -0.1) is 11.3 Å². The lowest BCUT2D eigenvalue weighted by atomic mass is 9.96. The summed E-state index contributed by atoms with van der Waals surface area (Å²) < 4.78 is 0. The van der Waals surface area contributed by atoms with Gasteiger partial charge < -0.3 is 15.5 Å². The van der Waals surface area contributed by atoms with Gasteiger partial charge in [0.05, 0.1) is 6.04 Å². The summed E-state index contributed by atoms with van der Waals surface area (Å²) in [6.45, 7) is 4.64. The van der Waals surface area contributed by atoms with Gasteiger partial charge in [-0.1, -0.05) is 12.8 Å². The van der Waals surface area contributed by atoms with Crippen molar-refractivity contribution >= 4 is 17.4 Å². The van der Waals surface area contributed by atoms with Crippen LogP contribution in [0.1, 0.15) is 49.4 Å². The minimum Gasteiger partial charge on any atom is -0.336 e. The van der Waals surface area contributed by atoms with Crippen molar-refractivity contribution in [3.05, 3.63) is 16.1 Å². The first-order valence-electron chi connectivity index (χ1n) is 7.57. The van der Waals surface area contributed by atoms with E-state index in [1.165, 1.54) is 12.8 Å². The lowest BCUT2D eigenvalue weighted by molar-refractivity contribution is 0.154. The topological polar surface area (TPSA) is 57.3 Å². The van der Waals surface area contributed by atoms with E-state index in [0.29, 0.717) is 6.54 Å². The number of urea groups is 1. The first kappa shape index (κ1) is 16.2. The van der Waals surface area contributed by atoms with E-state index >= 15 is 0 Å². The SMILES string of the molecule is Cc1csc([C@H](C)NC(=O)NCC2(N(C)C)CCCC2)n1. The third kappa shape index (κ3) is 3.95. The summed E-state index contributed by atoms with van der Waals surface area (Å²) in [5, 5.41) is 8.96. The van der Waals surface area contributed by atoms with Crippen LogP contribution in [0.2, 0.25) is 0 Å². The number of amides is 2. The van der Waals surface area contributed by atoms with Crippen molar-refractivity contribution < 1.29 is 4.79 Å². The van der Waals surface area contributed by atoms with E-state index < -0.39 is 0 Å². The first-order valence-corrected chi connectivity index (χ1v) is 8.45. The van der Waals surface area contributed by atoms with E-state index in [4.69, 9.17) is 0 Å². The Morgan fingerprint density at radius 3 is 2.67 bits per heavy atom. The van der Waals surface area contributed by atoms with E-state index in [1.807, 2.05) is 19.2 Å². The molecule has 2 rings (SSSR count). The maximum Gasteiger partial charge on any atom is 0.315 e. The maximum atomic E-state index is 12.1. The Hall–Kier alpha value is -1.14. The molecule has 2 N–H and O–H groups in total. The standard InChI is InChI=1S/C15H26N4OS/c1-11-9-21-13(17-11)12(2)18-14(20)16-10-15(19(3)4)7-5-6-8-15/h9,12H,5-8,10H2,1-4H3,(H2,16,18,20)/t12-/m0/s1. The molecule has 1 heterocycles. The van der Waals surface area contributed by atoms with Crippen LogP contribution in [-0.2, 0) is 0 Å². The molecular formula is C15H26N4OS. The van der Waals surface area contributed by atoms with Gasteiger partial charge in [0.25, 0.3) is 0 Å². The van der Waals surface area contributed by atoms with Crippen LogP contribution >= 0.6 is 11.3 Å². The number of aryl methyl sites for hydroxylation is 1. The van der Waals surface area contributed by atoms with Crippen LogP contribution in [0.25, 0.3) is 0 Å². The summed E-state index contributed by atoms with van der Waals surface area (Å²) in [7, 11) is 4.21. The molecule has 1 fully saturated rings. The highest BCUT2D eigenvalue weighted by molar-refractivity contribution is 7.09. The Balaban J connectivity index is 1.84. The zero-order chi connectivity index (χ0) is 15.5. The van der Waals surface area contributed by atoms with Crippen molar-refractivity contribution in [2.75, 3.05) is 20.6 Å². The normalized spacial score (nSPS) is 18.7. The minimum atomic E-state index is -0.108. The quantitative estimate of drug-likeness (QED) is 0.879. The summed E-state index contributed by atoms with van der Waals surface area (Å²) >= 11 is 1.59. The highest BCUT2D eigenvalue weighted by Crippen LogP contribution is 2.33. The molecule has 1 aliphatic rings. The van der Waals surface area contributed by atoms with Gasteiger partial charge in [0, 0.05) is 23.2 Å². The Bertz CT molecular complexity index is 480. The number of aromatic nitrogens is 1. The number of hydrogen-bond acceptors (Lipinski definition) is 4. The number of thiazole rings is 1. The fourth-order valence-corrected chi connectivity index (χ4v) is 3.74. The summed E-state index contributed by atoms with van der Waals surface area (Å²) in [6, 6.07) is -0.161. The smallest absolute Gasteiger partial charge is 0.315 e. The second-order valence-corrected chi connectivity index (χ2v) is 7.09. The number of rotatable bonds is 5. The molecule has 0 saturated heterocycles. The predicted molar refractivity (Wildman–Crippen MR) is 86.7 cm³/mol. The van der Waals surface area contributed by atoms with Gasteiger partial charge in [0.1, 0.15) is 5.01 Å². The first-order chi connectivity index (χ1) is 9.93. The fourth-order valence-electron chi connectivity index (χ4n) is 2.94. The second-order valence-electron chi connectivity index (χ2n) is 6.20. The number of likely N-dealkylation sites (N-methyl/N-ethyl adjacent to an activating group) is 1.